The van der Waals surface area contributed by atoms with E-state index >= 15 is 0 Å². The molecule has 0 aromatic carbocycles. The monoisotopic (exact) mass is 255 g/mol. The normalized spacial score (nSPS) is 17.1. The van der Waals surface area contributed by atoms with Gasteiger partial charge in [0.15, 0.2) is 0 Å². The van der Waals surface area contributed by atoms with Crippen molar-refractivity contribution in [2.45, 2.75) is 46.1 Å². The van der Waals surface area contributed by atoms with Crippen molar-refractivity contribution in [2.24, 2.45) is 0 Å². The third-order valence-electron chi connectivity index (χ3n) is 3.79. The molecule has 0 aliphatic carbocycles. The molecule has 1 rings (SSSR count). The molecule has 4 heteroatoms. The highest BCUT2D eigenvalue weighted by atomic mass is 16.2. The minimum atomic E-state index is 0.284. The zero-order valence-electron chi connectivity index (χ0n) is 12.2. The Labute approximate surface area is 112 Å². The molecule has 1 heterocycles. The Kier molecular flexibility index (Phi) is 7.28. The highest BCUT2D eigenvalue weighted by Crippen LogP contribution is 2.12. The molecule has 0 aromatic heterocycles. The first kappa shape index (κ1) is 15.4. The summed E-state index contributed by atoms with van der Waals surface area (Å²) >= 11 is 0. The quantitative estimate of drug-likeness (QED) is 0.745. The summed E-state index contributed by atoms with van der Waals surface area (Å²) < 4.78 is 0. The Bertz CT molecular complexity index is 235. The number of nitrogens with zero attached hydrogens (tertiary/aromatic N) is 2. The topological polar surface area (TPSA) is 35.6 Å². The van der Waals surface area contributed by atoms with Crippen LogP contribution in [0.3, 0.4) is 0 Å². The van der Waals surface area contributed by atoms with E-state index in [1.54, 1.807) is 0 Å². The van der Waals surface area contributed by atoms with Crippen LogP contribution in [0.15, 0.2) is 0 Å². The molecular formula is C14H29N3O. The number of rotatable bonds is 7. The fourth-order valence-electron chi connectivity index (χ4n) is 2.70. The third kappa shape index (κ3) is 4.58. The first-order valence-corrected chi connectivity index (χ1v) is 7.45. The summed E-state index contributed by atoms with van der Waals surface area (Å²) in [4.78, 5) is 16.5. The molecule has 0 saturated carbocycles. The number of amides is 1. The van der Waals surface area contributed by atoms with Gasteiger partial charge in [0.2, 0.25) is 5.91 Å². The molecule has 0 atom stereocenters. The Morgan fingerprint density at radius 3 is 2.28 bits per heavy atom. The van der Waals surface area contributed by atoms with Gasteiger partial charge in [0, 0.05) is 19.1 Å². The lowest BCUT2D eigenvalue weighted by Gasteiger charge is -2.35. The maximum Gasteiger partial charge on any atom is 0.236 e. The average Bonchev–Trinajstić information content (AvgIpc) is 2.40. The second kappa shape index (κ2) is 8.48. The average molecular weight is 255 g/mol. The van der Waals surface area contributed by atoms with Gasteiger partial charge in [-0.15, -0.1) is 0 Å². The molecule has 0 spiro atoms. The highest BCUT2D eigenvalue weighted by Gasteiger charge is 2.23. The molecule has 0 bridgehead atoms. The molecule has 1 N–H and O–H groups in total. The summed E-state index contributed by atoms with van der Waals surface area (Å²) in [6.07, 6.45) is 3.46. The van der Waals surface area contributed by atoms with Crippen molar-refractivity contribution in [3.05, 3.63) is 0 Å². The summed E-state index contributed by atoms with van der Waals surface area (Å²) in [5, 5.41) is 3.39. The summed E-state index contributed by atoms with van der Waals surface area (Å²) in [7, 11) is 0. The lowest BCUT2D eigenvalue weighted by atomic mass is 10.0. The van der Waals surface area contributed by atoms with Gasteiger partial charge in [0.25, 0.3) is 0 Å². The van der Waals surface area contributed by atoms with Crippen LogP contribution in [0.4, 0.5) is 0 Å². The smallest absolute Gasteiger partial charge is 0.236 e. The van der Waals surface area contributed by atoms with Gasteiger partial charge in [-0.25, -0.2) is 0 Å². The molecule has 106 valence electrons. The summed E-state index contributed by atoms with van der Waals surface area (Å²) in [5.41, 5.74) is 0. The standard InChI is InChI=1S/C14H29N3O/c1-4-11-17(13-7-9-15-10-8-13)12-14(18)16(5-2)6-3/h13,15H,4-12H2,1-3H3. The van der Waals surface area contributed by atoms with E-state index in [0.717, 1.165) is 39.1 Å². The summed E-state index contributed by atoms with van der Waals surface area (Å²) in [5.74, 6) is 0.284. The lowest BCUT2D eigenvalue weighted by Crippen LogP contribution is -2.48. The van der Waals surface area contributed by atoms with Crippen molar-refractivity contribution in [1.82, 2.24) is 15.1 Å². The van der Waals surface area contributed by atoms with Crippen molar-refractivity contribution < 1.29 is 4.79 Å². The van der Waals surface area contributed by atoms with Gasteiger partial charge in [-0.05, 0) is 52.7 Å². The largest absolute Gasteiger partial charge is 0.342 e. The molecule has 0 aromatic rings. The first-order valence-electron chi connectivity index (χ1n) is 7.45. The lowest BCUT2D eigenvalue weighted by molar-refractivity contribution is -0.132. The van der Waals surface area contributed by atoms with E-state index in [4.69, 9.17) is 0 Å². The Hall–Kier alpha value is -0.610. The van der Waals surface area contributed by atoms with E-state index in [1.807, 2.05) is 4.90 Å². The van der Waals surface area contributed by atoms with Gasteiger partial charge in [0.05, 0.1) is 6.54 Å². The zero-order chi connectivity index (χ0) is 13.4. The molecule has 1 aliphatic rings. The fourth-order valence-corrected chi connectivity index (χ4v) is 2.70. The van der Waals surface area contributed by atoms with E-state index in [2.05, 4.69) is 31.0 Å². The number of carbonyl (C=O) groups is 1. The van der Waals surface area contributed by atoms with Crippen molar-refractivity contribution in [3.8, 4) is 0 Å². The number of hydrogen-bond donors (Lipinski definition) is 1. The van der Waals surface area contributed by atoms with Crippen LogP contribution in [0.1, 0.15) is 40.0 Å². The van der Waals surface area contributed by atoms with Crippen LogP contribution >= 0.6 is 0 Å². The SMILES string of the molecule is CCCN(CC(=O)N(CC)CC)C1CCNCC1. The van der Waals surface area contributed by atoms with E-state index in [1.165, 1.54) is 12.8 Å². The molecule has 4 nitrogen and oxygen atoms in total. The van der Waals surface area contributed by atoms with E-state index in [9.17, 15) is 4.79 Å². The number of carbonyl (C=O) groups excluding carboxylic acids is 1. The van der Waals surface area contributed by atoms with E-state index in [0.29, 0.717) is 12.6 Å². The minimum absolute atomic E-state index is 0.284. The highest BCUT2D eigenvalue weighted by molar-refractivity contribution is 5.78. The zero-order valence-corrected chi connectivity index (χ0v) is 12.2. The molecule has 1 amide bonds. The van der Waals surface area contributed by atoms with Crippen molar-refractivity contribution in [3.63, 3.8) is 0 Å². The number of piperidine rings is 1. The predicted molar refractivity (Wildman–Crippen MR) is 75.7 cm³/mol. The van der Waals surface area contributed by atoms with E-state index < -0.39 is 0 Å². The minimum Gasteiger partial charge on any atom is -0.342 e. The molecule has 0 radical (unpaired) electrons. The number of nitrogens with one attached hydrogen (secondary N) is 1. The maximum absolute atomic E-state index is 12.2. The van der Waals surface area contributed by atoms with Gasteiger partial charge >= 0.3 is 0 Å². The fraction of sp³-hybridized carbons (Fsp3) is 0.929. The van der Waals surface area contributed by atoms with Crippen LogP contribution in [0.2, 0.25) is 0 Å². The molecule has 1 saturated heterocycles. The van der Waals surface area contributed by atoms with Gasteiger partial charge in [-0.3, -0.25) is 9.69 Å². The van der Waals surface area contributed by atoms with Crippen LogP contribution in [-0.4, -0.2) is 61.0 Å². The number of hydrogen-bond acceptors (Lipinski definition) is 3. The summed E-state index contributed by atoms with van der Waals surface area (Å²) in [6.45, 7) is 11.7. The maximum atomic E-state index is 12.2. The molecule has 0 unspecified atom stereocenters. The van der Waals surface area contributed by atoms with Crippen molar-refractivity contribution in [2.75, 3.05) is 39.3 Å². The Morgan fingerprint density at radius 1 is 1.17 bits per heavy atom. The Balaban J connectivity index is 2.52. The second-order valence-corrected chi connectivity index (χ2v) is 5.02. The van der Waals surface area contributed by atoms with Crippen molar-refractivity contribution >= 4 is 5.91 Å². The van der Waals surface area contributed by atoms with Crippen LogP contribution in [0.25, 0.3) is 0 Å². The van der Waals surface area contributed by atoms with Gasteiger partial charge in [-0.2, -0.15) is 0 Å². The molecular weight excluding hydrogens is 226 g/mol. The first-order chi connectivity index (χ1) is 8.72. The summed E-state index contributed by atoms with van der Waals surface area (Å²) in [6, 6.07) is 0.589. The van der Waals surface area contributed by atoms with Crippen LogP contribution < -0.4 is 5.32 Å². The van der Waals surface area contributed by atoms with Crippen LogP contribution in [-0.2, 0) is 4.79 Å². The molecule has 1 aliphatic heterocycles. The third-order valence-corrected chi connectivity index (χ3v) is 3.79. The molecule has 18 heavy (non-hydrogen) atoms. The second-order valence-electron chi connectivity index (χ2n) is 5.02. The predicted octanol–water partition coefficient (Wildman–Crippen LogP) is 1.32. The van der Waals surface area contributed by atoms with Crippen LogP contribution in [0.5, 0.6) is 0 Å². The number of likely N-dealkylation sites (N-methyl/N-ethyl adjacent to an activating group) is 1. The van der Waals surface area contributed by atoms with Crippen molar-refractivity contribution in [1.29, 1.82) is 0 Å². The van der Waals surface area contributed by atoms with Gasteiger partial charge < -0.3 is 10.2 Å². The van der Waals surface area contributed by atoms with Crippen LogP contribution in [0, 0.1) is 0 Å². The Morgan fingerprint density at radius 2 is 1.78 bits per heavy atom. The van der Waals surface area contributed by atoms with Gasteiger partial charge in [0.1, 0.15) is 0 Å². The van der Waals surface area contributed by atoms with Gasteiger partial charge in [-0.1, -0.05) is 6.92 Å². The molecule has 1 fully saturated rings. The van der Waals surface area contributed by atoms with E-state index in [-0.39, 0.29) is 5.91 Å².